The second-order valence-corrected chi connectivity index (χ2v) is 9.88. The van der Waals surface area contributed by atoms with E-state index >= 15 is 0 Å². The first-order valence-corrected chi connectivity index (χ1v) is 12.7. The Morgan fingerprint density at radius 3 is 2.19 bits per heavy atom. The lowest BCUT2D eigenvalue weighted by Gasteiger charge is -2.08. The average molecular weight is 527 g/mol. The third-order valence-electron chi connectivity index (χ3n) is 5.64. The number of alkyl halides is 2. The molecule has 0 aliphatic heterocycles. The molecular weight excluding hydrogens is 502 g/mol. The molecule has 4 rings (SSSR count). The summed E-state index contributed by atoms with van der Waals surface area (Å²) in [6.07, 6.45) is 0. The van der Waals surface area contributed by atoms with E-state index in [0.29, 0.717) is 23.4 Å². The van der Waals surface area contributed by atoms with Crippen LogP contribution >= 0.6 is 0 Å². The van der Waals surface area contributed by atoms with Crippen LogP contribution in [0.3, 0.4) is 0 Å². The molecule has 7 nitrogen and oxygen atoms in total. The number of sulfonamides is 1. The minimum atomic E-state index is -4.05. The Labute approximate surface area is 213 Å². The second kappa shape index (κ2) is 10.8. The highest BCUT2D eigenvalue weighted by Gasteiger charge is 2.23. The van der Waals surface area contributed by atoms with Crippen molar-refractivity contribution in [1.82, 2.24) is 4.72 Å². The van der Waals surface area contributed by atoms with Crippen molar-refractivity contribution < 1.29 is 31.1 Å². The Morgan fingerprint density at radius 1 is 0.946 bits per heavy atom. The average Bonchev–Trinajstić information content (AvgIpc) is 3.24. The molecule has 0 unspecified atom stereocenters. The number of nitrogens with one attached hydrogen (secondary N) is 2. The molecule has 10 heteroatoms. The third-order valence-corrected chi connectivity index (χ3v) is 7.13. The predicted octanol–water partition coefficient (Wildman–Crippen LogP) is 5.90. The van der Waals surface area contributed by atoms with Crippen LogP contribution in [0.5, 0.6) is 5.75 Å². The van der Waals surface area contributed by atoms with Gasteiger partial charge in [-0.25, -0.2) is 13.1 Å². The fraction of sp³-hybridized carbons (Fsp3) is 0.148. The molecule has 37 heavy (non-hydrogen) atoms. The number of rotatable bonds is 9. The maximum Gasteiger partial charge on any atom is 0.387 e. The summed E-state index contributed by atoms with van der Waals surface area (Å²) in [5, 5.41) is 3.23. The molecule has 0 saturated carbocycles. The lowest BCUT2D eigenvalue weighted by atomic mass is 10.1. The van der Waals surface area contributed by atoms with Gasteiger partial charge in [-0.15, -0.1) is 0 Å². The van der Waals surface area contributed by atoms with Gasteiger partial charge in [-0.05, 0) is 66.9 Å². The molecule has 3 aromatic carbocycles. The molecular formula is C27H24F2N2O5S. The molecule has 192 valence electrons. The lowest BCUT2D eigenvalue weighted by Crippen LogP contribution is -2.30. The molecule has 0 saturated heterocycles. The normalized spacial score (nSPS) is 11.4. The van der Waals surface area contributed by atoms with Crippen LogP contribution in [-0.4, -0.2) is 20.9 Å². The van der Waals surface area contributed by atoms with Crippen LogP contribution in [0.4, 0.5) is 14.5 Å². The van der Waals surface area contributed by atoms with Gasteiger partial charge in [0.15, 0.2) is 5.76 Å². The van der Waals surface area contributed by atoms with E-state index in [0.717, 1.165) is 16.8 Å². The number of hydrogen-bond donors (Lipinski definition) is 2. The molecule has 2 N–H and O–H groups in total. The Bertz CT molecular complexity index is 1500. The summed E-state index contributed by atoms with van der Waals surface area (Å²) in [6, 6.07) is 21.7. The van der Waals surface area contributed by atoms with E-state index in [4.69, 9.17) is 4.42 Å². The van der Waals surface area contributed by atoms with Crippen molar-refractivity contribution in [3.63, 3.8) is 0 Å². The second-order valence-electron chi connectivity index (χ2n) is 8.23. The van der Waals surface area contributed by atoms with Gasteiger partial charge >= 0.3 is 12.5 Å². The Balaban J connectivity index is 1.38. The minimum absolute atomic E-state index is 0.0226. The van der Waals surface area contributed by atoms with E-state index in [1.165, 1.54) is 24.3 Å². The predicted molar refractivity (Wildman–Crippen MR) is 135 cm³/mol. The van der Waals surface area contributed by atoms with E-state index in [2.05, 4.69) is 14.8 Å². The van der Waals surface area contributed by atoms with Gasteiger partial charge < -0.3 is 14.5 Å². The van der Waals surface area contributed by atoms with Crippen LogP contribution < -0.4 is 14.8 Å². The largest absolute Gasteiger partial charge is 0.456 e. The van der Waals surface area contributed by atoms with E-state index in [1.54, 1.807) is 44.2 Å². The van der Waals surface area contributed by atoms with Gasteiger partial charge in [-0.1, -0.05) is 42.5 Å². The molecule has 1 heterocycles. The van der Waals surface area contributed by atoms with Crippen molar-refractivity contribution in [3.8, 4) is 16.9 Å². The number of ether oxygens (including phenoxy) is 1. The molecule has 0 bridgehead atoms. The molecule has 0 radical (unpaired) electrons. The summed E-state index contributed by atoms with van der Waals surface area (Å²) < 4.78 is 61.8. The number of benzene rings is 3. The number of furan rings is 1. The van der Waals surface area contributed by atoms with Gasteiger partial charge in [0.2, 0.25) is 0 Å². The molecule has 0 spiro atoms. The summed E-state index contributed by atoms with van der Waals surface area (Å²) in [5.41, 5.74) is 3.75. The standard InChI is InChI=1S/C27H24F2N2O5S/c1-17-5-3-4-6-25(17)37(33,34)31-26(32)24-15-21(18(2)35-24)16-30-22-11-7-19(8-12-22)20-9-13-23(14-10-20)36-27(28)29/h3-15,27,30H,16H2,1-2H3,(H,31,32). The fourth-order valence-electron chi connectivity index (χ4n) is 3.70. The summed E-state index contributed by atoms with van der Waals surface area (Å²) in [4.78, 5) is 12.6. The highest BCUT2D eigenvalue weighted by molar-refractivity contribution is 7.90. The van der Waals surface area contributed by atoms with E-state index in [-0.39, 0.29) is 16.4 Å². The fourth-order valence-corrected chi connectivity index (χ4v) is 4.90. The molecule has 1 aromatic heterocycles. The third kappa shape index (κ3) is 6.34. The van der Waals surface area contributed by atoms with Crippen molar-refractivity contribution in [3.05, 3.63) is 102 Å². The first kappa shape index (κ1) is 25.9. The minimum Gasteiger partial charge on any atom is -0.456 e. The van der Waals surface area contributed by atoms with Gasteiger partial charge in [0.25, 0.3) is 10.0 Å². The number of hydrogen-bond acceptors (Lipinski definition) is 6. The first-order chi connectivity index (χ1) is 17.6. The first-order valence-electron chi connectivity index (χ1n) is 11.2. The SMILES string of the molecule is Cc1ccccc1S(=O)(=O)NC(=O)c1cc(CNc2ccc(-c3ccc(OC(F)F)cc3)cc2)c(C)o1. The number of amides is 1. The van der Waals surface area contributed by atoms with Crippen LogP contribution in [-0.2, 0) is 16.6 Å². The smallest absolute Gasteiger partial charge is 0.387 e. The van der Waals surface area contributed by atoms with E-state index in [1.807, 2.05) is 24.3 Å². The zero-order valence-electron chi connectivity index (χ0n) is 20.0. The number of aryl methyl sites for hydroxylation is 2. The van der Waals surface area contributed by atoms with Crippen molar-refractivity contribution in [1.29, 1.82) is 0 Å². The quantitative estimate of drug-likeness (QED) is 0.282. The summed E-state index contributed by atoms with van der Waals surface area (Å²) in [6.45, 7) is 0.806. The van der Waals surface area contributed by atoms with Crippen LogP contribution in [0.1, 0.15) is 27.4 Å². The van der Waals surface area contributed by atoms with Gasteiger partial charge in [-0.3, -0.25) is 4.79 Å². The van der Waals surface area contributed by atoms with Crippen molar-refractivity contribution in [2.75, 3.05) is 5.32 Å². The van der Waals surface area contributed by atoms with Gasteiger partial charge in [-0.2, -0.15) is 8.78 Å². The molecule has 4 aromatic rings. The molecule has 0 fully saturated rings. The molecule has 0 atom stereocenters. The van der Waals surface area contributed by atoms with E-state index in [9.17, 15) is 22.0 Å². The maximum atomic E-state index is 12.6. The number of carbonyl (C=O) groups is 1. The van der Waals surface area contributed by atoms with Crippen LogP contribution in [0, 0.1) is 13.8 Å². The monoisotopic (exact) mass is 526 g/mol. The van der Waals surface area contributed by atoms with Crippen LogP contribution in [0.2, 0.25) is 0 Å². The Morgan fingerprint density at radius 2 is 1.57 bits per heavy atom. The van der Waals surface area contributed by atoms with Crippen LogP contribution in [0.15, 0.2) is 88.2 Å². The summed E-state index contributed by atoms with van der Waals surface area (Å²) in [7, 11) is -4.05. The van der Waals surface area contributed by atoms with Crippen molar-refractivity contribution in [2.45, 2.75) is 31.9 Å². The van der Waals surface area contributed by atoms with Crippen molar-refractivity contribution in [2.24, 2.45) is 0 Å². The Hall–Kier alpha value is -4.18. The summed E-state index contributed by atoms with van der Waals surface area (Å²) in [5.74, 6) is -0.394. The highest BCUT2D eigenvalue weighted by atomic mass is 32.2. The van der Waals surface area contributed by atoms with Gasteiger partial charge in [0.1, 0.15) is 11.5 Å². The van der Waals surface area contributed by atoms with Crippen molar-refractivity contribution >= 4 is 21.6 Å². The molecule has 0 aliphatic carbocycles. The topological polar surface area (TPSA) is 97.6 Å². The van der Waals surface area contributed by atoms with Crippen LogP contribution in [0.25, 0.3) is 11.1 Å². The maximum absolute atomic E-state index is 12.6. The van der Waals surface area contributed by atoms with E-state index < -0.39 is 22.5 Å². The number of anilines is 1. The number of carbonyl (C=O) groups excluding carboxylic acids is 1. The highest BCUT2D eigenvalue weighted by Crippen LogP contribution is 2.25. The zero-order valence-corrected chi connectivity index (χ0v) is 20.8. The molecule has 0 aliphatic rings. The number of halogens is 2. The zero-order chi connectivity index (χ0) is 26.6. The van der Waals surface area contributed by atoms with Gasteiger partial charge in [0.05, 0.1) is 4.90 Å². The Kier molecular flexibility index (Phi) is 7.58. The van der Waals surface area contributed by atoms with Gasteiger partial charge in [0, 0.05) is 17.8 Å². The summed E-state index contributed by atoms with van der Waals surface area (Å²) >= 11 is 0. The molecule has 1 amide bonds. The lowest BCUT2D eigenvalue weighted by molar-refractivity contribution is -0.0498.